The summed E-state index contributed by atoms with van der Waals surface area (Å²) in [6, 6.07) is 7.45. The molecule has 0 saturated carbocycles. The average molecular weight is 298 g/mol. The normalized spacial score (nSPS) is 11.0. The Morgan fingerprint density at radius 2 is 2.14 bits per heavy atom. The van der Waals surface area contributed by atoms with E-state index in [1.165, 1.54) is 12.1 Å². The predicted octanol–water partition coefficient (Wildman–Crippen LogP) is 2.59. The number of nitrogens with zero attached hydrogens (tertiary/aromatic N) is 3. The van der Waals surface area contributed by atoms with Crippen molar-refractivity contribution in [3.8, 4) is 11.3 Å². The molecule has 0 radical (unpaired) electrons. The summed E-state index contributed by atoms with van der Waals surface area (Å²) in [6.07, 6.45) is 2.31. The molecule has 0 amide bonds. The third-order valence-electron chi connectivity index (χ3n) is 3.41. The van der Waals surface area contributed by atoms with Gasteiger partial charge in [-0.3, -0.25) is 9.36 Å². The summed E-state index contributed by atoms with van der Waals surface area (Å²) in [5, 5.41) is 0. The Balaban J connectivity index is 2.38. The summed E-state index contributed by atoms with van der Waals surface area (Å²) < 4.78 is 15.0. The number of benzene rings is 1. The van der Waals surface area contributed by atoms with Crippen molar-refractivity contribution in [1.82, 2.24) is 14.5 Å². The molecule has 0 bridgehead atoms. The van der Waals surface area contributed by atoms with Gasteiger partial charge in [-0.1, -0.05) is 19.1 Å². The van der Waals surface area contributed by atoms with Gasteiger partial charge < -0.3 is 5.73 Å². The first-order chi connectivity index (χ1) is 10.6. The maximum absolute atomic E-state index is 13.5. The zero-order valence-corrected chi connectivity index (χ0v) is 12.1. The van der Waals surface area contributed by atoms with E-state index < -0.39 is 5.82 Å². The van der Waals surface area contributed by atoms with Crippen molar-refractivity contribution in [2.45, 2.75) is 19.9 Å². The molecule has 0 aliphatic rings. The molecule has 112 valence electrons. The summed E-state index contributed by atoms with van der Waals surface area (Å²) >= 11 is 0. The molecule has 0 atom stereocenters. The van der Waals surface area contributed by atoms with Gasteiger partial charge in [0.05, 0.1) is 5.69 Å². The van der Waals surface area contributed by atoms with Gasteiger partial charge in [0.1, 0.15) is 17.0 Å². The van der Waals surface area contributed by atoms with Gasteiger partial charge >= 0.3 is 0 Å². The molecule has 3 aromatic rings. The summed E-state index contributed by atoms with van der Waals surface area (Å²) in [6.45, 7) is 2.46. The first-order valence-corrected chi connectivity index (χ1v) is 7.02. The van der Waals surface area contributed by atoms with E-state index in [1.807, 2.05) is 6.92 Å². The number of halogens is 1. The van der Waals surface area contributed by atoms with Gasteiger partial charge in [-0.25, -0.2) is 14.4 Å². The molecule has 2 heterocycles. The van der Waals surface area contributed by atoms with Gasteiger partial charge in [0.25, 0.3) is 5.56 Å². The van der Waals surface area contributed by atoms with Crippen LogP contribution in [-0.4, -0.2) is 14.5 Å². The third-order valence-corrected chi connectivity index (χ3v) is 3.41. The van der Waals surface area contributed by atoms with E-state index >= 15 is 0 Å². The van der Waals surface area contributed by atoms with Crippen LogP contribution in [0.25, 0.3) is 22.4 Å². The Hall–Kier alpha value is -2.76. The molecule has 0 spiro atoms. The minimum absolute atomic E-state index is 0.181. The number of hydrogen-bond donors (Lipinski definition) is 1. The van der Waals surface area contributed by atoms with Crippen LogP contribution in [0.3, 0.4) is 0 Å². The highest BCUT2D eigenvalue weighted by Gasteiger charge is 2.15. The van der Waals surface area contributed by atoms with Crippen molar-refractivity contribution >= 4 is 16.9 Å². The smallest absolute Gasteiger partial charge is 0.278 e. The molecular weight excluding hydrogens is 283 g/mol. The van der Waals surface area contributed by atoms with E-state index in [2.05, 4.69) is 9.97 Å². The number of rotatable bonds is 3. The number of nitrogens with two attached hydrogens (primary N) is 1. The van der Waals surface area contributed by atoms with Crippen LogP contribution in [-0.2, 0) is 6.54 Å². The molecule has 0 aliphatic carbocycles. The lowest BCUT2D eigenvalue weighted by Crippen LogP contribution is -2.24. The highest BCUT2D eigenvalue weighted by atomic mass is 19.1. The molecule has 0 unspecified atom stereocenters. The van der Waals surface area contributed by atoms with Gasteiger partial charge in [0.2, 0.25) is 0 Å². The van der Waals surface area contributed by atoms with Crippen molar-refractivity contribution < 1.29 is 4.39 Å². The first kappa shape index (κ1) is 14.2. The highest BCUT2D eigenvalue weighted by molar-refractivity contribution is 5.85. The average Bonchev–Trinajstić information content (AvgIpc) is 2.50. The number of aryl methyl sites for hydroxylation is 1. The summed E-state index contributed by atoms with van der Waals surface area (Å²) in [5.41, 5.74) is 7.62. The number of hydrogen-bond acceptors (Lipinski definition) is 4. The van der Waals surface area contributed by atoms with Gasteiger partial charge in [-0.15, -0.1) is 0 Å². The Morgan fingerprint density at radius 3 is 2.86 bits per heavy atom. The number of anilines is 1. The molecule has 6 heteroatoms. The standard InChI is InChI=1S/C16H15FN4O/c1-2-8-21-15-14(12(18)6-7-19-15)20-13(16(21)22)10-4-3-5-11(17)9-10/h3-7,9H,2,8H2,1H3,(H2,18,19). The van der Waals surface area contributed by atoms with Crippen LogP contribution in [0, 0.1) is 5.82 Å². The third kappa shape index (κ3) is 2.32. The van der Waals surface area contributed by atoms with Crippen molar-refractivity contribution in [2.24, 2.45) is 0 Å². The zero-order chi connectivity index (χ0) is 15.7. The van der Waals surface area contributed by atoms with E-state index in [-0.39, 0.29) is 11.3 Å². The van der Waals surface area contributed by atoms with Crippen LogP contribution < -0.4 is 11.3 Å². The van der Waals surface area contributed by atoms with E-state index in [1.54, 1.807) is 29.0 Å². The fourth-order valence-electron chi connectivity index (χ4n) is 2.41. The van der Waals surface area contributed by atoms with Crippen LogP contribution in [0.5, 0.6) is 0 Å². The topological polar surface area (TPSA) is 73.8 Å². The maximum atomic E-state index is 13.5. The Labute approximate surface area is 126 Å². The molecular formula is C16H15FN4O. The zero-order valence-electron chi connectivity index (χ0n) is 12.1. The molecule has 22 heavy (non-hydrogen) atoms. The molecule has 5 nitrogen and oxygen atoms in total. The fourth-order valence-corrected chi connectivity index (χ4v) is 2.41. The summed E-state index contributed by atoms with van der Waals surface area (Å²) in [4.78, 5) is 21.3. The minimum Gasteiger partial charge on any atom is -0.397 e. The molecule has 2 N–H and O–H groups in total. The SMILES string of the molecule is CCCn1c(=O)c(-c2cccc(F)c2)nc2c(N)ccnc21. The van der Waals surface area contributed by atoms with E-state index in [0.29, 0.717) is 29.0 Å². The fraction of sp³-hybridized carbons (Fsp3) is 0.188. The molecule has 0 aliphatic heterocycles. The number of pyridine rings is 1. The van der Waals surface area contributed by atoms with Gasteiger partial charge in [-0.05, 0) is 24.6 Å². The first-order valence-electron chi connectivity index (χ1n) is 7.02. The highest BCUT2D eigenvalue weighted by Crippen LogP contribution is 2.21. The number of fused-ring (bicyclic) bond motifs is 1. The lowest BCUT2D eigenvalue weighted by molar-refractivity contribution is 0.628. The van der Waals surface area contributed by atoms with Crippen molar-refractivity contribution in [3.05, 3.63) is 52.7 Å². The second-order valence-electron chi connectivity index (χ2n) is 5.00. The molecule has 1 aromatic carbocycles. The minimum atomic E-state index is -0.417. The van der Waals surface area contributed by atoms with Crippen LogP contribution in [0.2, 0.25) is 0 Å². The second-order valence-corrected chi connectivity index (χ2v) is 5.00. The van der Waals surface area contributed by atoms with Crippen LogP contribution in [0.4, 0.5) is 10.1 Å². The second kappa shape index (κ2) is 5.55. The lowest BCUT2D eigenvalue weighted by Gasteiger charge is -2.11. The van der Waals surface area contributed by atoms with Gasteiger partial charge in [0.15, 0.2) is 5.65 Å². The summed E-state index contributed by atoms with van der Waals surface area (Å²) in [7, 11) is 0. The summed E-state index contributed by atoms with van der Waals surface area (Å²) in [5.74, 6) is -0.417. The number of aromatic nitrogens is 3. The Morgan fingerprint density at radius 1 is 1.32 bits per heavy atom. The van der Waals surface area contributed by atoms with Gasteiger partial charge in [0, 0.05) is 18.3 Å². The Kier molecular flexibility index (Phi) is 3.58. The lowest BCUT2D eigenvalue weighted by atomic mass is 10.1. The van der Waals surface area contributed by atoms with Crippen molar-refractivity contribution in [1.29, 1.82) is 0 Å². The van der Waals surface area contributed by atoms with E-state index in [0.717, 1.165) is 6.42 Å². The molecule has 2 aromatic heterocycles. The number of nitrogen functional groups attached to an aromatic ring is 1. The molecule has 3 rings (SSSR count). The van der Waals surface area contributed by atoms with Crippen molar-refractivity contribution in [2.75, 3.05) is 5.73 Å². The van der Waals surface area contributed by atoms with Gasteiger partial charge in [-0.2, -0.15) is 0 Å². The molecule has 0 saturated heterocycles. The van der Waals surface area contributed by atoms with E-state index in [9.17, 15) is 9.18 Å². The predicted molar refractivity (Wildman–Crippen MR) is 83.9 cm³/mol. The Bertz CT molecular complexity index is 904. The van der Waals surface area contributed by atoms with Crippen LogP contribution in [0.1, 0.15) is 13.3 Å². The quantitative estimate of drug-likeness (QED) is 0.806. The van der Waals surface area contributed by atoms with E-state index in [4.69, 9.17) is 5.73 Å². The van der Waals surface area contributed by atoms with Crippen LogP contribution in [0.15, 0.2) is 41.3 Å². The largest absolute Gasteiger partial charge is 0.397 e. The van der Waals surface area contributed by atoms with Crippen LogP contribution >= 0.6 is 0 Å². The molecule has 0 fully saturated rings. The maximum Gasteiger partial charge on any atom is 0.278 e. The van der Waals surface area contributed by atoms with Crippen molar-refractivity contribution in [3.63, 3.8) is 0 Å². The monoisotopic (exact) mass is 298 g/mol.